The number of oxazole rings is 1. The summed E-state index contributed by atoms with van der Waals surface area (Å²) in [6, 6.07) is 0. The molecule has 0 spiro atoms. The van der Waals surface area contributed by atoms with E-state index in [1.54, 1.807) is 7.05 Å². The van der Waals surface area contributed by atoms with Crippen LogP contribution in [0.1, 0.15) is 10.5 Å². The van der Waals surface area contributed by atoms with E-state index in [0.717, 1.165) is 18.0 Å². The zero-order valence-corrected chi connectivity index (χ0v) is 8.43. The summed E-state index contributed by atoms with van der Waals surface area (Å²) in [4.78, 5) is 18.2. The molecule has 0 bridgehead atoms. The second-order valence-electron chi connectivity index (χ2n) is 2.57. The van der Waals surface area contributed by atoms with Crippen molar-refractivity contribution >= 4 is 17.7 Å². The zero-order valence-electron chi connectivity index (χ0n) is 7.62. The number of aryl methyl sites for hydroxylation is 1. The molecule has 0 saturated carbocycles. The number of carbonyl (C=O) groups is 1. The minimum absolute atomic E-state index is 0.125. The van der Waals surface area contributed by atoms with Gasteiger partial charge in [0.25, 0.3) is 5.22 Å². The average Bonchev–Trinajstić information content (AvgIpc) is 2.77. The minimum atomic E-state index is -1.12. The summed E-state index contributed by atoms with van der Waals surface area (Å²) in [7, 11) is 1.72. The van der Waals surface area contributed by atoms with E-state index in [9.17, 15) is 4.79 Å². The van der Waals surface area contributed by atoms with Crippen molar-refractivity contribution < 1.29 is 14.3 Å². The lowest BCUT2D eigenvalue weighted by Gasteiger charge is -1.93. The Balaban J connectivity index is 2.18. The van der Waals surface area contributed by atoms with Crippen molar-refractivity contribution in [1.82, 2.24) is 19.7 Å². The molecule has 7 nitrogen and oxygen atoms in total. The molecule has 0 amide bonds. The zero-order chi connectivity index (χ0) is 10.8. The first-order valence-electron chi connectivity index (χ1n) is 3.87. The van der Waals surface area contributed by atoms with E-state index in [4.69, 9.17) is 9.52 Å². The van der Waals surface area contributed by atoms with Gasteiger partial charge in [-0.2, -0.15) is 10.1 Å². The van der Waals surface area contributed by atoms with Gasteiger partial charge in [-0.05, 0) is 0 Å². The van der Waals surface area contributed by atoms with Crippen LogP contribution < -0.4 is 0 Å². The second kappa shape index (κ2) is 3.73. The van der Waals surface area contributed by atoms with E-state index in [0.29, 0.717) is 5.16 Å². The first-order chi connectivity index (χ1) is 7.16. The Kier molecular flexibility index (Phi) is 2.42. The number of nitrogens with zero attached hydrogens (tertiary/aromatic N) is 4. The number of hydrogen-bond donors (Lipinski definition) is 1. The van der Waals surface area contributed by atoms with E-state index in [1.165, 1.54) is 11.0 Å². The number of carboxylic acids is 1. The molecule has 8 heteroatoms. The summed E-state index contributed by atoms with van der Waals surface area (Å²) in [5, 5.41) is 13.3. The number of carboxylic acid groups (broad SMARTS) is 1. The van der Waals surface area contributed by atoms with E-state index in [1.807, 2.05) is 0 Å². The standard InChI is InChI=1S/C7H6N4O3S/c1-11-6(8-3-9-11)15-7-10-4(2-14-7)5(12)13/h2-3H,1H3,(H,12,13). The number of rotatable bonds is 3. The van der Waals surface area contributed by atoms with E-state index in [-0.39, 0.29) is 10.9 Å². The molecule has 2 rings (SSSR count). The fourth-order valence-electron chi connectivity index (χ4n) is 0.859. The third kappa shape index (κ3) is 1.99. The number of hydrogen-bond acceptors (Lipinski definition) is 6. The maximum Gasteiger partial charge on any atom is 0.357 e. The van der Waals surface area contributed by atoms with Gasteiger partial charge in [0, 0.05) is 18.8 Å². The van der Waals surface area contributed by atoms with Crippen molar-refractivity contribution in [3.05, 3.63) is 18.3 Å². The topological polar surface area (TPSA) is 94.0 Å². The van der Waals surface area contributed by atoms with Gasteiger partial charge in [0.15, 0.2) is 10.9 Å². The number of aromatic nitrogens is 4. The average molecular weight is 226 g/mol. The van der Waals surface area contributed by atoms with Gasteiger partial charge in [-0.15, -0.1) is 0 Å². The fraction of sp³-hybridized carbons (Fsp3) is 0.143. The van der Waals surface area contributed by atoms with Crippen LogP contribution in [-0.2, 0) is 7.05 Å². The molecule has 0 atom stereocenters. The molecule has 0 aliphatic heterocycles. The van der Waals surface area contributed by atoms with Crippen molar-refractivity contribution in [1.29, 1.82) is 0 Å². The molecule has 0 saturated heterocycles. The Morgan fingerprint density at radius 1 is 1.67 bits per heavy atom. The lowest BCUT2D eigenvalue weighted by molar-refractivity contribution is 0.0690. The van der Waals surface area contributed by atoms with Gasteiger partial charge in [0.2, 0.25) is 0 Å². The lowest BCUT2D eigenvalue weighted by atomic mass is 10.5. The van der Waals surface area contributed by atoms with Crippen molar-refractivity contribution in [2.24, 2.45) is 7.05 Å². The normalized spacial score (nSPS) is 10.5. The summed E-state index contributed by atoms with van der Waals surface area (Å²) < 4.78 is 6.48. The van der Waals surface area contributed by atoms with Crippen molar-refractivity contribution in [2.75, 3.05) is 0 Å². The molecule has 2 heterocycles. The van der Waals surface area contributed by atoms with Crippen LogP contribution in [0.5, 0.6) is 0 Å². The van der Waals surface area contributed by atoms with Crippen molar-refractivity contribution in [3.8, 4) is 0 Å². The van der Waals surface area contributed by atoms with Crippen LogP contribution in [0.3, 0.4) is 0 Å². The highest BCUT2D eigenvalue weighted by molar-refractivity contribution is 7.98. The van der Waals surface area contributed by atoms with Crippen LogP contribution in [-0.4, -0.2) is 30.8 Å². The van der Waals surface area contributed by atoms with E-state index in [2.05, 4.69) is 15.1 Å². The molecular weight excluding hydrogens is 220 g/mol. The predicted octanol–water partition coefficient (Wildman–Crippen LogP) is 0.653. The van der Waals surface area contributed by atoms with Crippen LogP contribution in [0.4, 0.5) is 0 Å². The molecule has 0 aliphatic carbocycles. The number of aromatic carboxylic acids is 1. The van der Waals surface area contributed by atoms with Crippen LogP contribution >= 0.6 is 11.8 Å². The third-order valence-electron chi connectivity index (χ3n) is 1.55. The molecule has 0 unspecified atom stereocenters. The Morgan fingerprint density at radius 2 is 2.47 bits per heavy atom. The molecule has 15 heavy (non-hydrogen) atoms. The minimum Gasteiger partial charge on any atom is -0.476 e. The smallest absolute Gasteiger partial charge is 0.357 e. The maximum atomic E-state index is 10.5. The fourth-order valence-corrected chi connectivity index (χ4v) is 1.53. The Labute approximate surface area is 88.1 Å². The SMILES string of the molecule is Cn1ncnc1Sc1nc(C(=O)O)co1. The first kappa shape index (κ1) is 9.71. The Bertz CT molecular complexity index is 492. The molecule has 78 valence electrons. The highest BCUT2D eigenvalue weighted by atomic mass is 32.2. The molecule has 2 aromatic heterocycles. The van der Waals surface area contributed by atoms with Gasteiger partial charge in [-0.3, -0.25) is 0 Å². The Morgan fingerprint density at radius 3 is 3.00 bits per heavy atom. The Hall–Kier alpha value is -1.83. The monoisotopic (exact) mass is 226 g/mol. The van der Waals surface area contributed by atoms with Gasteiger partial charge >= 0.3 is 5.97 Å². The van der Waals surface area contributed by atoms with Gasteiger partial charge in [-0.25, -0.2) is 14.5 Å². The summed E-state index contributed by atoms with van der Waals surface area (Å²) in [5.74, 6) is -1.12. The third-order valence-corrected chi connectivity index (χ3v) is 2.47. The van der Waals surface area contributed by atoms with Gasteiger partial charge in [0.05, 0.1) is 0 Å². The molecule has 1 N–H and O–H groups in total. The van der Waals surface area contributed by atoms with Crippen LogP contribution in [0, 0.1) is 0 Å². The summed E-state index contributed by atoms with van der Waals surface area (Å²) >= 11 is 1.11. The molecular formula is C7H6N4O3S. The quantitative estimate of drug-likeness (QED) is 0.821. The highest BCUT2D eigenvalue weighted by Crippen LogP contribution is 2.23. The van der Waals surface area contributed by atoms with Crippen molar-refractivity contribution in [3.63, 3.8) is 0 Å². The van der Waals surface area contributed by atoms with Crippen LogP contribution in [0.2, 0.25) is 0 Å². The largest absolute Gasteiger partial charge is 0.476 e. The summed E-state index contributed by atoms with van der Waals surface area (Å²) in [6.45, 7) is 0. The molecule has 2 aromatic rings. The lowest BCUT2D eigenvalue weighted by Crippen LogP contribution is -1.96. The van der Waals surface area contributed by atoms with Crippen LogP contribution in [0.25, 0.3) is 0 Å². The molecule has 0 aromatic carbocycles. The molecule has 0 aliphatic rings. The maximum absolute atomic E-state index is 10.5. The molecule has 0 fully saturated rings. The van der Waals surface area contributed by atoms with Crippen LogP contribution in [0.15, 0.2) is 27.4 Å². The van der Waals surface area contributed by atoms with E-state index >= 15 is 0 Å². The predicted molar refractivity (Wildman–Crippen MR) is 48.6 cm³/mol. The first-order valence-corrected chi connectivity index (χ1v) is 4.69. The summed E-state index contributed by atoms with van der Waals surface area (Å²) in [5.41, 5.74) is -0.125. The second-order valence-corrected chi connectivity index (χ2v) is 3.49. The molecule has 0 radical (unpaired) electrons. The van der Waals surface area contributed by atoms with Gasteiger partial charge < -0.3 is 9.52 Å². The van der Waals surface area contributed by atoms with Gasteiger partial charge in [0.1, 0.15) is 12.6 Å². The highest BCUT2D eigenvalue weighted by Gasteiger charge is 2.13. The van der Waals surface area contributed by atoms with Crippen molar-refractivity contribution in [2.45, 2.75) is 10.4 Å². The van der Waals surface area contributed by atoms with Gasteiger partial charge in [-0.1, -0.05) is 0 Å². The summed E-state index contributed by atoms with van der Waals surface area (Å²) in [6.07, 6.45) is 2.48. The van der Waals surface area contributed by atoms with E-state index < -0.39 is 5.97 Å².